The van der Waals surface area contributed by atoms with Gasteiger partial charge in [-0.2, -0.15) is 5.01 Å². The first-order valence-electron chi connectivity index (χ1n) is 3.46. The normalized spacial score (nSPS) is 29.0. The van der Waals surface area contributed by atoms with E-state index >= 15 is 0 Å². The third-order valence-corrected chi connectivity index (χ3v) is 1.83. The number of likely N-dealkylation sites (N-methyl/N-ethyl adjacent to an activating group) is 1. The van der Waals surface area contributed by atoms with E-state index in [4.69, 9.17) is 0 Å². The summed E-state index contributed by atoms with van der Waals surface area (Å²) in [6, 6.07) is -0.0712. The molecule has 1 fully saturated rings. The van der Waals surface area contributed by atoms with Gasteiger partial charge in [-0.15, -0.1) is 0 Å². The van der Waals surface area contributed by atoms with Gasteiger partial charge >= 0.3 is 6.03 Å². The summed E-state index contributed by atoms with van der Waals surface area (Å²) in [4.78, 5) is 12.7. The van der Waals surface area contributed by atoms with Gasteiger partial charge in [0.1, 0.15) is 6.17 Å². The zero-order valence-corrected chi connectivity index (χ0v) is 6.19. The molecule has 4 heteroatoms. The number of hydrogen-bond donors (Lipinski definition) is 1. The molecule has 0 aromatic carbocycles. The van der Waals surface area contributed by atoms with Crippen LogP contribution in [-0.2, 0) is 0 Å². The van der Waals surface area contributed by atoms with E-state index in [-0.39, 0.29) is 12.2 Å². The number of nitrogens with zero attached hydrogens (tertiary/aromatic N) is 2. The molecule has 0 saturated carbocycles. The fourth-order valence-corrected chi connectivity index (χ4v) is 1.27. The van der Waals surface area contributed by atoms with Crippen LogP contribution in [0.4, 0.5) is 4.79 Å². The molecule has 2 aliphatic rings. The molecule has 2 rings (SSSR count). The van der Waals surface area contributed by atoms with Gasteiger partial charge in [0.15, 0.2) is 0 Å². The molecule has 2 aliphatic heterocycles. The molecule has 2 heterocycles. The Morgan fingerprint density at radius 1 is 1.55 bits per heavy atom. The summed E-state index contributed by atoms with van der Waals surface area (Å²) in [5.41, 5.74) is 2.68. The van der Waals surface area contributed by atoms with Crippen LogP contribution in [0.25, 0.3) is 0 Å². The Morgan fingerprint density at radius 2 is 2.36 bits per heavy atom. The largest absolute Gasteiger partial charge is 0.337 e. The third-order valence-electron chi connectivity index (χ3n) is 1.83. The Bertz CT molecular complexity index is 246. The molecule has 1 atom stereocenters. The number of amides is 2. The second-order valence-electron chi connectivity index (χ2n) is 2.58. The molecule has 0 radical (unpaired) electrons. The number of urea groups is 1. The third kappa shape index (κ3) is 0.832. The number of hydrazine groups is 1. The quantitative estimate of drug-likeness (QED) is 0.539. The average molecular weight is 151 g/mol. The van der Waals surface area contributed by atoms with Crippen LogP contribution >= 0.6 is 0 Å². The Labute approximate surface area is 64.7 Å². The Hall–Kier alpha value is -1.29. The fraction of sp³-hybridized carbons (Fsp3) is 0.286. The van der Waals surface area contributed by atoms with Crippen LogP contribution in [-0.4, -0.2) is 29.2 Å². The highest BCUT2D eigenvalue weighted by molar-refractivity contribution is 5.77. The van der Waals surface area contributed by atoms with Crippen molar-refractivity contribution < 1.29 is 4.79 Å². The Morgan fingerprint density at radius 3 is 3.09 bits per heavy atom. The molecule has 4 nitrogen and oxygen atoms in total. The van der Waals surface area contributed by atoms with Gasteiger partial charge in [-0.1, -0.05) is 6.08 Å². The van der Waals surface area contributed by atoms with Crippen molar-refractivity contribution in [3.8, 4) is 0 Å². The van der Waals surface area contributed by atoms with Crippen LogP contribution < -0.4 is 5.43 Å². The molecule has 1 N–H and O–H groups in total. The lowest BCUT2D eigenvalue weighted by Gasteiger charge is -2.21. The SMILES string of the molecule is CN1NC(=O)N2C=CC=CC12. The van der Waals surface area contributed by atoms with E-state index in [9.17, 15) is 4.79 Å². The number of hydrogen-bond acceptors (Lipinski definition) is 2. The summed E-state index contributed by atoms with van der Waals surface area (Å²) in [5, 5.41) is 1.77. The highest BCUT2D eigenvalue weighted by Crippen LogP contribution is 2.15. The fourth-order valence-electron chi connectivity index (χ4n) is 1.27. The molecule has 11 heavy (non-hydrogen) atoms. The predicted molar refractivity (Wildman–Crippen MR) is 40.2 cm³/mol. The van der Waals surface area contributed by atoms with Crippen molar-refractivity contribution in [2.75, 3.05) is 7.05 Å². The summed E-state index contributed by atoms with van der Waals surface area (Å²) in [6.07, 6.45) is 7.54. The van der Waals surface area contributed by atoms with Gasteiger partial charge in [0.05, 0.1) is 0 Å². The van der Waals surface area contributed by atoms with Crippen molar-refractivity contribution in [3.05, 3.63) is 24.4 Å². The van der Waals surface area contributed by atoms with Crippen molar-refractivity contribution in [1.29, 1.82) is 0 Å². The van der Waals surface area contributed by atoms with Crippen LogP contribution in [0, 0.1) is 0 Å². The minimum Gasteiger partial charge on any atom is -0.279 e. The molecule has 1 unspecified atom stereocenters. The van der Waals surface area contributed by atoms with E-state index in [2.05, 4.69) is 5.43 Å². The summed E-state index contributed by atoms with van der Waals surface area (Å²) < 4.78 is 0. The van der Waals surface area contributed by atoms with Crippen molar-refractivity contribution in [3.63, 3.8) is 0 Å². The van der Waals surface area contributed by atoms with Gasteiger partial charge in [0.2, 0.25) is 0 Å². The number of carbonyl (C=O) groups is 1. The van der Waals surface area contributed by atoms with Crippen LogP contribution in [0.5, 0.6) is 0 Å². The first kappa shape index (κ1) is 6.42. The second-order valence-corrected chi connectivity index (χ2v) is 2.58. The van der Waals surface area contributed by atoms with Crippen molar-refractivity contribution in [1.82, 2.24) is 15.3 Å². The maximum atomic E-state index is 11.1. The van der Waals surface area contributed by atoms with Gasteiger partial charge in [-0.25, -0.2) is 4.79 Å². The zero-order valence-electron chi connectivity index (χ0n) is 6.19. The van der Waals surface area contributed by atoms with Gasteiger partial charge in [-0.05, 0) is 12.2 Å². The number of nitrogens with one attached hydrogen (secondary N) is 1. The summed E-state index contributed by atoms with van der Waals surface area (Å²) in [5.74, 6) is 0. The summed E-state index contributed by atoms with van der Waals surface area (Å²) >= 11 is 0. The lowest BCUT2D eigenvalue weighted by molar-refractivity contribution is 0.219. The maximum Gasteiger partial charge on any atom is 0.337 e. The van der Waals surface area contributed by atoms with Crippen molar-refractivity contribution >= 4 is 6.03 Å². The molecular formula is C7H9N3O. The van der Waals surface area contributed by atoms with Crippen LogP contribution in [0.1, 0.15) is 0 Å². The summed E-state index contributed by atoms with van der Waals surface area (Å²) in [6.45, 7) is 0. The monoisotopic (exact) mass is 151 g/mol. The van der Waals surface area contributed by atoms with E-state index in [1.165, 1.54) is 0 Å². The topological polar surface area (TPSA) is 35.6 Å². The van der Waals surface area contributed by atoms with Crippen LogP contribution in [0.2, 0.25) is 0 Å². The molecule has 0 spiro atoms. The van der Waals surface area contributed by atoms with Gasteiger partial charge in [0, 0.05) is 13.2 Å². The zero-order chi connectivity index (χ0) is 7.84. The van der Waals surface area contributed by atoms with E-state index in [1.807, 2.05) is 25.3 Å². The molecule has 0 bridgehead atoms. The Balaban J connectivity index is 2.29. The highest BCUT2D eigenvalue weighted by atomic mass is 16.2. The first-order chi connectivity index (χ1) is 5.29. The molecule has 58 valence electrons. The lowest BCUT2D eigenvalue weighted by Crippen LogP contribution is -2.35. The number of rotatable bonds is 0. The standard InChI is InChI=1S/C7H9N3O/c1-9-6-4-2-3-5-10(6)7(11)8-9/h2-6H,1H3,(H,8,11). The molecule has 1 saturated heterocycles. The minimum absolute atomic E-state index is 0.0486. The first-order valence-corrected chi connectivity index (χ1v) is 3.46. The Kier molecular flexibility index (Phi) is 1.22. The smallest absolute Gasteiger partial charge is 0.279 e. The van der Waals surface area contributed by atoms with E-state index in [1.54, 1.807) is 16.1 Å². The summed E-state index contributed by atoms with van der Waals surface area (Å²) in [7, 11) is 1.84. The number of carbonyl (C=O) groups excluding carboxylic acids is 1. The minimum atomic E-state index is -0.0712. The molecule has 0 aromatic heterocycles. The van der Waals surface area contributed by atoms with Gasteiger partial charge < -0.3 is 0 Å². The highest BCUT2D eigenvalue weighted by Gasteiger charge is 2.32. The van der Waals surface area contributed by atoms with E-state index < -0.39 is 0 Å². The predicted octanol–water partition coefficient (Wildman–Crippen LogP) is 0.268. The molecule has 2 amide bonds. The van der Waals surface area contributed by atoms with Crippen molar-refractivity contribution in [2.45, 2.75) is 6.17 Å². The van der Waals surface area contributed by atoms with E-state index in [0.717, 1.165) is 0 Å². The molecule has 0 aliphatic carbocycles. The maximum absolute atomic E-state index is 11.1. The second kappa shape index (κ2) is 2.10. The molecule has 0 aromatic rings. The van der Waals surface area contributed by atoms with Gasteiger partial charge in [-0.3, -0.25) is 10.3 Å². The number of allylic oxidation sites excluding steroid dienone is 2. The average Bonchev–Trinajstić information content (AvgIpc) is 2.30. The van der Waals surface area contributed by atoms with Crippen LogP contribution in [0.3, 0.4) is 0 Å². The van der Waals surface area contributed by atoms with Gasteiger partial charge in [0.25, 0.3) is 0 Å². The van der Waals surface area contributed by atoms with E-state index in [0.29, 0.717) is 0 Å². The number of fused-ring (bicyclic) bond motifs is 1. The van der Waals surface area contributed by atoms with Crippen molar-refractivity contribution in [2.24, 2.45) is 0 Å². The lowest BCUT2D eigenvalue weighted by atomic mass is 10.3. The van der Waals surface area contributed by atoms with Crippen LogP contribution in [0.15, 0.2) is 24.4 Å². The molecular weight excluding hydrogens is 142 g/mol.